The number of halogens is 2. The lowest BCUT2D eigenvalue weighted by Crippen LogP contribution is -2.36. The normalized spacial score (nSPS) is 14.2. The fraction of sp³-hybridized carbons (Fsp3) is 0.444. The molecule has 0 atom stereocenters. The van der Waals surface area contributed by atoms with Gasteiger partial charge in [-0.25, -0.2) is 0 Å². The molecule has 1 aromatic heterocycles. The Kier molecular flexibility index (Phi) is 7.25. The van der Waals surface area contributed by atoms with Gasteiger partial charge in [-0.2, -0.15) is 0 Å². The molecule has 1 amide bonds. The molecule has 0 bridgehead atoms. The van der Waals surface area contributed by atoms with Crippen molar-refractivity contribution in [2.45, 2.75) is 6.42 Å². The highest BCUT2D eigenvalue weighted by Gasteiger charge is 2.19. The largest absolute Gasteiger partial charge is 0.440 e. The molecule has 142 valence electrons. The van der Waals surface area contributed by atoms with Gasteiger partial charge in [0, 0.05) is 44.1 Å². The van der Waals surface area contributed by atoms with Crippen LogP contribution in [0.15, 0.2) is 27.4 Å². The van der Waals surface area contributed by atoms with Gasteiger partial charge < -0.3 is 19.0 Å². The van der Waals surface area contributed by atoms with E-state index in [4.69, 9.17) is 9.15 Å². The standard InChI is InChI=1S/C18H21BrN2O4.BrH/c1-20(2)18(23)13-9-12(3-4-19)17-14(10-13)15(22)11-16(25-17)21-5-7-24-8-6-21;/h9-11H,3-8H2,1-2H3;1H. The number of aryl methyl sites for hydroxylation is 1. The maximum absolute atomic E-state index is 12.7. The molecule has 1 saturated heterocycles. The van der Waals surface area contributed by atoms with Crippen molar-refractivity contribution in [1.29, 1.82) is 0 Å². The first kappa shape index (κ1) is 20.9. The number of hydrogen-bond donors (Lipinski definition) is 0. The quantitative estimate of drug-likeness (QED) is 0.618. The minimum Gasteiger partial charge on any atom is -0.440 e. The van der Waals surface area contributed by atoms with Crippen molar-refractivity contribution in [1.82, 2.24) is 4.90 Å². The molecule has 1 fully saturated rings. The van der Waals surface area contributed by atoms with E-state index in [0.717, 1.165) is 5.56 Å². The Morgan fingerprint density at radius 1 is 1.23 bits per heavy atom. The molecule has 8 heteroatoms. The van der Waals surface area contributed by atoms with E-state index >= 15 is 0 Å². The highest BCUT2D eigenvalue weighted by Crippen LogP contribution is 2.26. The van der Waals surface area contributed by atoms with E-state index in [2.05, 4.69) is 15.9 Å². The Balaban J connectivity index is 0.00000243. The average molecular weight is 490 g/mol. The summed E-state index contributed by atoms with van der Waals surface area (Å²) in [4.78, 5) is 28.5. The second kappa shape index (κ2) is 9.01. The van der Waals surface area contributed by atoms with Gasteiger partial charge in [0.05, 0.1) is 18.6 Å². The van der Waals surface area contributed by atoms with Gasteiger partial charge in [-0.05, 0) is 24.1 Å². The van der Waals surface area contributed by atoms with Crippen LogP contribution in [0.3, 0.4) is 0 Å². The number of fused-ring (bicyclic) bond motifs is 1. The zero-order valence-corrected chi connectivity index (χ0v) is 18.1. The van der Waals surface area contributed by atoms with E-state index in [1.165, 1.54) is 11.0 Å². The number of alkyl halides is 1. The average Bonchev–Trinajstić information content (AvgIpc) is 2.62. The van der Waals surface area contributed by atoms with Gasteiger partial charge in [-0.15, -0.1) is 17.0 Å². The molecule has 0 saturated carbocycles. The molecule has 1 aliphatic heterocycles. The van der Waals surface area contributed by atoms with Crippen LogP contribution in [0, 0.1) is 0 Å². The number of rotatable bonds is 4. The van der Waals surface area contributed by atoms with E-state index in [0.29, 0.717) is 60.5 Å². The Labute approximate surface area is 171 Å². The van der Waals surface area contributed by atoms with Crippen LogP contribution in [-0.4, -0.2) is 56.5 Å². The Hall–Kier alpha value is -1.38. The lowest BCUT2D eigenvalue weighted by molar-refractivity contribution is 0.0827. The lowest BCUT2D eigenvalue weighted by atomic mass is 10.0. The summed E-state index contributed by atoms with van der Waals surface area (Å²) in [6.07, 6.45) is 0.667. The van der Waals surface area contributed by atoms with Crippen molar-refractivity contribution in [3.05, 3.63) is 39.5 Å². The number of carbonyl (C=O) groups excluding carboxylic acids is 1. The maximum atomic E-state index is 12.7. The molecular formula is C18H22Br2N2O4. The van der Waals surface area contributed by atoms with E-state index in [1.807, 2.05) is 11.0 Å². The number of benzene rings is 1. The minimum atomic E-state index is -0.132. The SMILES string of the molecule is Br.CN(C)C(=O)c1cc(CCBr)c2oc(N3CCOCC3)cc(=O)c2c1. The second-order valence-corrected chi connectivity index (χ2v) is 6.99. The summed E-state index contributed by atoms with van der Waals surface area (Å²) >= 11 is 3.43. The molecule has 0 unspecified atom stereocenters. The number of carbonyl (C=O) groups is 1. The second-order valence-electron chi connectivity index (χ2n) is 6.20. The van der Waals surface area contributed by atoms with Gasteiger partial charge >= 0.3 is 0 Å². The third-order valence-corrected chi connectivity index (χ3v) is 4.63. The summed E-state index contributed by atoms with van der Waals surface area (Å²) in [7, 11) is 3.39. The molecule has 26 heavy (non-hydrogen) atoms. The van der Waals surface area contributed by atoms with Gasteiger partial charge in [0.25, 0.3) is 5.91 Å². The number of morpholine rings is 1. The summed E-state index contributed by atoms with van der Waals surface area (Å²) in [6.45, 7) is 2.62. The monoisotopic (exact) mass is 488 g/mol. The Morgan fingerprint density at radius 3 is 2.54 bits per heavy atom. The van der Waals surface area contributed by atoms with Crippen LogP contribution < -0.4 is 10.3 Å². The van der Waals surface area contributed by atoms with Crippen LogP contribution >= 0.6 is 32.9 Å². The van der Waals surface area contributed by atoms with E-state index < -0.39 is 0 Å². The number of hydrogen-bond acceptors (Lipinski definition) is 5. The maximum Gasteiger partial charge on any atom is 0.253 e. The van der Waals surface area contributed by atoms with Crippen molar-refractivity contribution in [2.75, 3.05) is 50.6 Å². The third-order valence-electron chi connectivity index (χ3n) is 4.23. The van der Waals surface area contributed by atoms with E-state index in [-0.39, 0.29) is 28.3 Å². The van der Waals surface area contributed by atoms with E-state index in [9.17, 15) is 9.59 Å². The predicted octanol–water partition coefficient (Wildman–Crippen LogP) is 2.85. The molecule has 0 spiro atoms. The topological polar surface area (TPSA) is 63.0 Å². The Morgan fingerprint density at radius 2 is 1.92 bits per heavy atom. The Bertz CT molecular complexity index is 845. The summed E-state index contributed by atoms with van der Waals surface area (Å²) in [6, 6.07) is 4.96. The molecule has 6 nitrogen and oxygen atoms in total. The van der Waals surface area contributed by atoms with Crippen molar-refractivity contribution in [2.24, 2.45) is 0 Å². The van der Waals surface area contributed by atoms with Crippen molar-refractivity contribution >= 4 is 55.7 Å². The van der Waals surface area contributed by atoms with Crippen LogP contribution in [0.5, 0.6) is 0 Å². The molecule has 0 aliphatic carbocycles. The first-order valence-corrected chi connectivity index (χ1v) is 9.34. The van der Waals surface area contributed by atoms with Crippen LogP contribution in [0.25, 0.3) is 11.0 Å². The fourth-order valence-corrected chi connectivity index (χ4v) is 3.35. The van der Waals surface area contributed by atoms with Gasteiger partial charge in [0.2, 0.25) is 0 Å². The lowest BCUT2D eigenvalue weighted by Gasteiger charge is -2.27. The summed E-state index contributed by atoms with van der Waals surface area (Å²) in [5.41, 5.74) is 1.78. The number of amides is 1. The molecule has 1 aromatic carbocycles. The smallest absolute Gasteiger partial charge is 0.253 e. The van der Waals surface area contributed by atoms with Crippen LogP contribution in [0.1, 0.15) is 15.9 Å². The highest BCUT2D eigenvalue weighted by atomic mass is 79.9. The van der Waals surface area contributed by atoms with Gasteiger partial charge in [0.15, 0.2) is 11.3 Å². The van der Waals surface area contributed by atoms with Crippen molar-refractivity contribution in [3.8, 4) is 0 Å². The molecule has 1 aliphatic rings. The zero-order valence-electron chi connectivity index (χ0n) is 14.8. The van der Waals surface area contributed by atoms with Gasteiger partial charge in [-0.3, -0.25) is 9.59 Å². The molecular weight excluding hydrogens is 468 g/mol. The third kappa shape index (κ3) is 4.29. The number of anilines is 1. The predicted molar refractivity (Wildman–Crippen MR) is 111 cm³/mol. The van der Waals surface area contributed by atoms with Crippen LogP contribution in [0.2, 0.25) is 0 Å². The van der Waals surface area contributed by atoms with Crippen molar-refractivity contribution < 1.29 is 13.9 Å². The van der Waals surface area contributed by atoms with Crippen LogP contribution in [-0.2, 0) is 11.2 Å². The highest BCUT2D eigenvalue weighted by molar-refractivity contribution is 9.09. The molecule has 0 radical (unpaired) electrons. The number of ether oxygens (including phenoxy) is 1. The summed E-state index contributed by atoms with van der Waals surface area (Å²) in [5.74, 6) is 0.428. The van der Waals surface area contributed by atoms with Crippen molar-refractivity contribution in [3.63, 3.8) is 0 Å². The number of nitrogens with zero attached hydrogens (tertiary/aromatic N) is 2. The minimum absolute atomic E-state index is 0. The summed E-state index contributed by atoms with van der Waals surface area (Å²) < 4.78 is 11.4. The first-order chi connectivity index (χ1) is 12.0. The fourth-order valence-electron chi connectivity index (χ4n) is 2.93. The zero-order chi connectivity index (χ0) is 18.0. The first-order valence-electron chi connectivity index (χ1n) is 8.22. The van der Waals surface area contributed by atoms with Crippen LogP contribution in [0.4, 0.5) is 5.88 Å². The molecule has 3 rings (SSSR count). The summed E-state index contributed by atoms with van der Waals surface area (Å²) in [5, 5.41) is 1.16. The molecule has 2 aromatic rings. The molecule has 2 heterocycles. The molecule has 0 N–H and O–H groups in total. The van der Waals surface area contributed by atoms with Gasteiger partial charge in [-0.1, -0.05) is 15.9 Å². The van der Waals surface area contributed by atoms with Gasteiger partial charge in [0.1, 0.15) is 5.58 Å². The van der Waals surface area contributed by atoms with E-state index in [1.54, 1.807) is 20.2 Å².